The van der Waals surface area contributed by atoms with Crippen LogP contribution in [0.15, 0.2) is 53.4 Å². The van der Waals surface area contributed by atoms with E-state index in [2.05, 4.69) is 5.32 Å². The van der Waals surface area contributed by atoms with Crippen molar-refractivity contribution in [2.24, 2.45) is 5.14 Å². The molecule has 0 aliphatic heterocycles. The molecule has 0 saturated heterocycles. The van der Waals surface area contributed by atoms with Crippen LogP contribution in [0.25, 0.3) is 0 Å². The lowest BCUT2D eigenvalue weighted by Crippen LogP contribution is -2.14. The van der Waals surface area contributed by atoms with Gasteiger partial charge in [0.15, 0.2) is 11.5 Å². The van der Waals surface area contributed by atoms with Crippen LogP contribution in [0.1, 0.15) is 12.8 Å². The lowest BCUT2D eigenvalue weighted by atomic mass is 10.2. The molecule has 0 heterocycles. The fourth-order valence-corrected chi connectivity index (χ4v) is 2.62. The Hall–Kier alpha value is -2.58. The normalized spacial score (nSPS) is 11.0. The number of sulfonamides is 1. The van der Waals surface area contributed by atoms with E-state index in [1.807, 2.05) is 12.1 Å². The molecule has 0 saturated carbocycles. The predicted octanol–water partition coefficient (Wildman–Crippen LogP) is 2.14. The number of methoxy groups -OCH3 is 1. The fraction of sp³-hybridized carbons (Fsp3) is 0.235. The van der Waals surface area contributed by atoms with E-state index in [0.717, 1.165) is 0 Å². The monoisotopic (exact) mass is 364 g/mol. The second kappa shape index (κ2) is 8.50. The first-order valence-corrected chi connectivity index (χ1v) is 9.13. The average Bonchev–Trinajstić information content (AvgIpc) is 2.58. The highest BCUT2D eigenvalue weighted by molar-refractivity contribution is 7.89. The van der Waals surface area contributed by atoms with Gasteiger partial charge in [0.05, 0.1) is 18.6 Å². The number of para-hydroxylation sites is 2. The van der Waals surface area contributed by atoms with Gasteiger partial charge in [-0.3, -0.25) is 4.79 Å². The van der Waals surface area contributed by atoms with Crippen molar-refractivity contribution in [1.29, 1.82) is 0 Å². The van der Waals surface area contributed by atoms with Crippen LogP contribution in [0.4, 0.5) is 5.69 Å². The van der Waals surface area contributed by atoms with Crippen molar-refractivity contribution in [1.82, 2.24) is 0 Å². The minimum atomic E-state index is -3.74. The van der Waals surface area contributed by atoms with Crippen molar-refractivity contribution in [3.63, 3.8) is 0 Å². The molecule has 134 valence electrons. The average molecular weight is 364 g/mol. The SMILES string of the molecule is COc1ccccc1OCCCC(=O)Nc1ccc(S(N)(=O)=O)cc1. The van der Waals surface area contributed by atoms with Gasteiger partial charge in [0.25, 0.3) is 0 Å². The van der Waals surface area contributed by atoms with E-state index in [9.17, 15) is 13.2 Å². The second-order valence-corrected chi connectivity index (χ2v) is 6.78. The van der Waals surface area contributed by atoms with Crippen LogP contribution >= 0.6 is 0 Å². The number of carbonyl (C=O) groups is 1. The van der Waals surface area contributed by atoms with E-state index in [1.54, 1.807) is 19.2 Å². The number of nitrogens with one attached hydrogen (secondary N) is 1. The van der Waals surface area contributed by atoms with Gasteiger partial charge in [0.2, 0.25) is 15.9 Å². The molecule has 7 nitrogen and oxygen atoms in total. The van der Waals surface area contributed by atoms with E-state index in [4.69, 9.17) is 14.6 Å². The summed E-state index contributed by atoms with van der Waals surface area (Å²) in [4.78, 5) is 11.9. The number of hydrogen-bond donors (Lipinski definition) is 2. The first-order valence-electron chi connectivity index (χ1n) is 7.58. The van der Waals surface area contributed by atoms with Crippen molar-refractivity contribution >= 4 is 21.6 Å². The molecule has 0 atom stereocenters. The van der Waals surface area contributed by atoms with Crippen LogP contribution in [-0.2, 0) is 14.8 Å². The minimum Gasteiger partial charge on any atom is -0.493 e. The van der Waals surface area contributed by atoms with Crippen molar-refractivity contribution in [2.45, 2.75) is 17.7 Å². The zero-order chi connectivity index (χ0) is 18.3. The first-order chi connectivity index (χ1) is 11.9. The molecule has 0 aliphatic rings. The molecule has 0 fully saturated rings. The van der Waals surface area contributed by atoms with E-state index in [-0.39, 0.29) is 17.2 Å². The van der Waals surface area contributed by atoms with Crippen molar-refractivity contribution in [2.75, 3.05) is 19.0 Å². The van der Waals surface area contributed by atoms with Gasteiger partial charge >= 0.3 is 0 Å². The number of hydrogen-bond acceptors (Lipinski definition) is 5. The summed E-state index contributed by atoms with van der Waals surface area (Å²) in [5, 5.41) is 7.71. The summed E-state index contributed by atoms with van der Waals surface area (Å²) in [6.07, 6.45) is 0.797. The Bertz CT molecular complexity index is 819. The van der Waals surface area contributed by atoms with Gasteiger partial charge in [0.1, 0.15) is 0 Å². The van der Waals surface area contributed by atoms with Crippen LogP contribution in [0.2, 0.25) is 0 Å². The highest BCUT2D eigenvalue weighted by Gasteiger charge is 2.08. The van der Waals surface area contributed by atoms with Crippen LogP contribution in [0.3, 0.4) is 0 Å². The van der Waals surface area contributed by atoms with Crippen molar-refractivity contribution < 1.29 is 22.7 Å². The molecule has 0 radical (unpaired) electrons. The molecule has 0 aromatic heterocycles. The Morgan fingerprint density at radius 2 is 1.72 bits per heavy atom. The third-order valence-electron chi connectivity index (χ3n) is 3.34. The Morgan fingerprint density at radius 3 is 2.32 bits per heavy atom. The molecule has 0 bridgehead atoms. The van der Waals surface area contributed by atoms with Crippen LogP contribution in [0, 0.1) is 0 Å². The molecule has 2 aromatic carbocycles. The molecule has 2 rings (SSSR count). The Balaban J connectivity index is 1.77. The molecular formula is C17H20N2O5S. The van der Waals surface area contributed by atoms with E-state index in [1.165, 1.54) is 24.3 Å². The van der Waals surface area contributed by atoms with Crippen molar-refractivity contribution in [3.05, 3.63) is 48.5 Å². The second-order valence-electron chi connectivity index (χ2n) is 5.22. The Labute approximate surface area is 146 Å². The minimum absolute atomic E-state index is 0.00397. The van der Waals surface area contributed by atoms with Gasteiger partial charge in [-0.25, -0.2) is 13.6 Å². The number of benzene rings is 2. The smallest absolute Gasteiger partial charge is 0.238 e. The number of primary sulfonamides is 1. The summed E-state index contributed by atoms with van der Waals surface area (Å²) >= 11 is 0. The molecule has 1 amide bonds. The number of rotatable bonds is 8. The van der Waals surface area contributed by atoms with Crippen LogP contribution < -0.4 is 19.9 Å². The number of amides is 1. The highest BCUT2D eigenvalue weighted by Crippen LogP contribution is 2.25. The van der Waals surface area contributed by atoms with Gasteiger partial charge < -0.3 is 14.8 Å². The third kappa shape index (κ3) is 5.77. The summed E-state index contributed by atoms with van der Waals surface area (Å²) in [7, 11) is -2.17. The number of carbonyl (C=O) groups excluding carboxylic acids is 1. The van der Waals surface area contributed by atoms with Gasteiger partial charge in [0, 0.05) is 12.1 Å². The maximum Gasteiger partial charge on any atom is 0.238 e. The summed E-state index contributed by atoms with van der Waals surface area (Å²) in [6, 6.07) is 13.0. The maximum absolute atomic E-state index is 11.9. The molecule has 0 aliphatic carbocycles. The molecule has 8 heteroatoms. The van der Waals surface area contributed by atoms with Gasteiger partial charge in [-0.2, -0.15) is 0 Å². The molecule has 2 aromatic rings. The largest absolute Gasteiger partial charge is 0.493 e. The summed E-state index contributed by atoms with van der Waals surface area (Å²) in [6.45, 7) is 0.373. The van der Waals surface area contributed by atoms with Crippen LogP contribution in [-0.4, -0.2) is 28.0 Å². The first kappa shape index (κ1) is 18.8. The molecule has 25 heavy (non-hydrogen) atoms. The Kier molecular flexibility index (Phi) is 6.37. The standard InChI is InChI=1S/C17H20N2O5S/c1-23-15-5-2-3-6-16(15)24-12-4-7-17(20)19-13-8-10-14(11-9-13)25(18,21)22/h2-3,5-6,8-11H,4,7,12H2,1H3,(H,19,20)(H2,18,21,22). The van der Waals surface area contributed by atoms with Crippen LogP contribution in [0.5, 0.6) is 11.5 Å². The zero-order valence-electron chi connectivity index (χ0n) is 13.8. The molecule has 3 N–H and O–H groups in total. The van der Waals surface area contributed by atoms with Gasteiger partial charge in [-0.15, -0.1) is 0 Å². The predicted molar refractivity (Wildman–Crippen MR) is 94.2 cm³/mol. The van der Waals surface area contributed by atoms with E-state index < -0.39 is 10.0 Å². The Morgan fingerprint density at radius 1 is 1.08 bits per heavy atom. The summed E-state index contributed by atoms with van der Waals surface area (Å²) in [5.74, 6) is 1.08. The van der Waals surface area contributed by atoms with E-state index in [0.29, 0.717) is 30.2 Å². The quantitative estimate of drug-likeness (QED) is 0.698. The number of nitrogens with two attached hydrogens (primary N) is 1. The number of anilines is 1. The highest BCUT2D eigenvalue weighted by atomic mass is 32.2. The lowest BCUT2D eigenvalue weighted by Gasteiger charge is -2.10. The lowest BCUT2D eigenvalue weighted by molar-refractivity contribution is -0.116. The zero-order valence-corrected chi connectivity index (χ0v) is 14.6. The summed E-state index contributed by atoms with van der Waals surface area (Å²) < 4.78 is 33.1. The third-order valence-corrected chi connectivity index (χ3v) is 4.27. The fourth-order valence-electron chi connectivity index (χ4n) is 2.10. The van der Waals surface area contributed by atoms with Crippen molar-refractivity contribution in [3.8, 4) is 11.5 Å². The summed E-state index contributed by atoms with van der Waals surface area (Å²) in [5.41, 5.74) is 0.503. The van der Waals surface area contributed by atoms with Gasteiger partial charge in [-0.05, 0) is 42.8 Å². The van der Waals surface area contributed by atoms with E-state index >= 15 is 0 Å². The number of ether oxygens (including phenoxy) is 2. The molecular weight excluding hydrogens is 344 g/mol. The topological polar surface area (TPSA) is 108 Å². The molecule has 0 unspecified atom stereocenters. The molecule has 0 spiro atoms. The van der Waals surface area contributed by atoms with Gasteiger partial charge in [-0.1, -0.05) is 12.1 Å². The maximum atomic E-state index is 11.9.